The van der Waals surface area contributed by atoms with Gasteiger partial charge in [-0.05, 0) is 95.1 Å². The first-order valence-electron chi connectivity index (χ1n) is 21.6. The molecule has 17 atom stereocenters. The van der Waals surface area contributed by atoms with Gasteiger partial charge in [0.25, 0.3) is 0 Å². The predicted octanol–water partition coefficient (Wildman–Crippen LogP) is 4.26. The maximum Gasteiger partial charge on any atom is 0.215 e. The molecule has 0 saturated carbocycles. The summed E-state index contributed by atoms with van der Waals surface area (Å²) in [7, 11) is 0. The second-order valence-corrected chi connectivity index (χ2v) is 18.9. The number of aliphatic hydroxyl groups excluding tert-OH is 3. The first-order valence-corrected chi connectivity index (χ1v) is 21.6. The van der Waals surface area contributed by atoms with Crippen LogP contribution in [0.1, 0.15) is 125 Å². The summed E-state index contributed by atoms with van der Waals surface area (Å²) in [4.78, 5) is 11.5. The number of aliphatic hydroxyl groups is 4. The summed E-state index contributed by atoms with van der Waals surface area (Å²) in [6.07, 6.45) is 9.10. The Hall–Kier alpha value is -1.79. The van der Waals surface area contributed by atoms with E-state index >= 15 is 0 Å². The summed E-state index contributed by atoms with van der Waals surface area (Å²) in [5.74, 6) is -4.11. The molecule has 6 fully saturated rings. The number of carbonyl (C=O) groups excluding carboxylic acids is 1. The van der Waals surface area contributed by atoms with Gasteiger partial charge in [-0.25, -0.2) is 0 Å². The lowest BCUT2D eigenvalue weighted by Gasteiger charge is -2.50. The van der Waals surface area contributed by atoms with Gasteiger partial charge >= 0.3 is 0 Å². The van der Waals surface area contributed by atoms with Crippen LogP contribution in [-0.4, -0.2) is 117 Å². The zero-order chi connectivity index (χ0) is 40.9. The van der Waals surface area contributed by atoms with Crippen LogP contribution >= 0.6 is 0 Å². The van der Waals surface area contributed by atoms with Crippen LogP contribution < -0.4 is 11.3 Å². The number of carbonyl (C=O) groups is 1. The van der Waals surface area contributed by atoms with Gasteiger partial charge in [0, 0.05) is 38.0 Å². The molecule has 7 aliphatic rings. The molecule has 0 radical (unpaired) electrons. The first kappa shape index (κ1) is 45.7. The smallest absolute Gasteiger partial charge is 0.215 e. The van der Waals surface area contributed by atoms with Crippen LogP contribution in [0.3, 0.4) is 0 Å². The van der Waals surface area contributed by atoms with E-state index in [9.17, 15) is 30.3 Å². The molecule has 330 valence electrons. The highest BCUT2D eigenvalue weighted by Gasteiger charge is 2.55. The Bertz CT molecular complexity index is 1510. The Balaban J connectivity index is 0.00000567. The molecule has 7 heterocycles. The third-order valence-corrected chi connectivity index (χ3v) is 14.0. The average Bonchev–Trinajstić information content (AvgIpc) is 3.56. The Morgan fingerprint density at radius 2 is 1.76 bits per heavy atom. The number of hydrogen-bond donors (Lipinski definition) is 5. The number of rotatable bonds is 10. The number of hydrogen-bond acceptors (Lipinski definition) is 13. The molecule has 0 aromatic heterocycles. The number of carboxylic acid groups (broad SMARTS) is 1. The van der Waals surface area contributed by atoms with Gasteiger partial charge in [-0.1, -0.05) is 45.1 Å². The molecular formula is C44H71NO13. The highest BCUT2D eigenvalue weighted by atomic mass is 16.7. The maximum atomic E-state index is 11.5. The van der Waals surface area contributed by atoms with Crippen LogP contribution in [0.25, 0.3) is 0 Å². The summed E-state index contributed by atoms with van der Waals surface area (Å²) >= 11 is 0. The maximum absolute atomic E-state index is 11.5. The van der Waals surface area contributed by atoms with Crippen molar-refractivity contribution in [3.05, 3.63) is 36.0 Å². The van der Waals surface area contributed by atoms with Crippen LogP contribution in [0.5, 0.6) is 0 Å². The fraction of sp³-hybridized carbons (Fsp3) is 0.841. The van der Waals surface area contributed by atoms with E-state index in [2.05, 4.69) is 20.4 Å². The van der Waals surface area contributed by atoms with Crippen molar-refractivity contribution in [1.82, 2.24) is 6.15 Å². The molecule has 0 aromatic carbocycles. The monoisotopic (exact) mass is 821 g/mol. The van der Waals surface area contributed by atoms with Crippen molar-refractivity contribution in [3.63, 3.8) is 0 Å². The Morgan fingerprint density at radius 1 is 1.02 bits per heavy atom. The number of carboxylic acids is 1. The van der Waals surface area contributed by atoms with Crippen molar-refractivity contribution in [1.29, 1.82) is 0 Å². The van der Waals surface area contributed by atoms with Crippen molar-refractivity contribution in [3.8, 4) is 0 Å². The highest BCUT2D eigenvalue weighted by molar-refractivity contribution is 5.74. The van der Waals surface area contributed by atoms with Gasteiger partial charge in [0.05, 0.1) is 49.2 Å². The van der Waals surface area contributed by atoms with E-state index in [4.69, 9.17) is 33.2 Å². The molecule has 0 aromatic rings. The van der Waals surface area contributed by atoms with Crippen LogP contribution in [0.2, 0.25) is 0 Å². The highest BCUT2D eigenvalue weighted by Crippen LogP contribution is 2.47. The molecule has 7 rings (SSSR count). The minimum Gasteiger partial charge on any atom is -0.547 e. The van der Waals surface area contributed by atoms with Crippen LogP contribution in [0.15, 0.2) is 36.0 Å². The van der Waals surface area contributed by atoms with Gasteiger partial charge in [0.15, 0.2) is 11.6 Å². The fourth-order valence-electron chi connectivity index (χ4n) is 10.5. The largest absolute Gasteiger partial charge is 0.547 e. The lowest BCUT2D eigenvalue weighted by Crippen LogP contribution is -2.60. The van der Waals surface area contributed by atoms with Crippen molar-refractivity contribution < 1.29 is 63.5 Å². The molecule has 14 heteroatoms. The van der Waals surface area contributed by atoms with Crippen molar-refractivity contribution >= 4 is 5.97 Å². The molecule has 8 N–H and O–H groups in total. The van der Waals surface area contributed by atoms with E-state index in [1.165, 1.54) is 6.92 Å². The lowest BCUT2D eigenvalue weighted by atomic mass is 9.79. The SMILES string of the molecule is C=C1[C@@H](O)[C@@H]2O[C@]3(CC[C@H](/C=C/[C@@H](C)[C@@H]4CC(C)=C[C@@]5(O[C@H](C[C@@](C)(O)C(=O)[O-])CC[C@H]5O)O4)O3)CC[C@H]2O[C@@H]1[C@@H](O)C[C@H](C)[C@H]1O[C@@]2(CCCCO2)CCC1C.[NH4+]. The first-order chi connectivity index (χ1) is 26.9. The Labute approximate surface area is 343 Å². The lowest BCUT2D eigenvalue weighted by molar-refractivity contribution is -0.336. The fourth-order valence-corrected chi connectivity index (χ4v) is 10.5. The minimum absolute atomic E-state index is 0. The van der Waals surface area contributed by atoms with Crippen LogP contribution in [0, 0.1) is 17.8 Å². The van der Waals surface area contributed by atoms with E-state index in [1.807, 2.05) is 26.0 Å². The van der Waals surface area contributed by atoms with E-state index in [0.717, 1.165) is 50.7 Å². The molecule has 58 heavy (non-hydrogen) atoms. The predicted molar refractivity (Wildman–Crippen MR) is 211 cm³/mol. The average molecular weight is 822 g/mol. The third-order valence-electron chi connectivity index (χ3n) is 14.0. The summed E-state index contributed by atoms with van der Waals surface area (Å²) in [5, 5.41) is 56.0. The molecule has 14 nitrogen and oxygen atoms in total. The Morgan fingerprint density at radius 3 is 2.48 bits per heavy atom. The van der Waals surface area contributed by atoms with Gasteiger partial charge in [0.2, 0.25) is 5.79 Å². The number of aliphatic carboxylic acids is 1. The number of quaternary nitrogens is 1. The molecule has 1 unspecified atom stereocenters. The zero-order valence-corrected chi connectivity index (χ0v) is 35.5. The normalized spacial score (nSPS) is 44.6. The van der Waals surface area contributed by atoms with E-state index in [0.29, 0.717) is 56.4 Å². The summed E-state index contributed by atoms with van der Waals surface area (Å²) in [6, 6.07) is 0. The second kappa shape index (κ2) is 17.9. The molecule has 7 aliphatic heterocycles. The van der Waals surface area contributed by atoms with Crippen molar-refractivity contribution in [2.75, 3.05) is 6.61 Å². The van der Waals surface area contributed by atoms with Gasteiger partial charge in [-0.3, -0.25) is 0 Å². The summed E-state index contributed by atoms with van der Waals surface area (Å²) < 4.78 is 45.2. The van der Waals surface area contributed by atoms with E-state index in [1.54, 1.807) is 6.08 Å². The summed E-state index contributed by atoms with van der Waals surface area (Å²) in [6.45, 7) is 14.4. The second-order valence-electron chi connectivity index (χ2n) is 18.9. The van der Waals surface area contributed by atoms with Gasteiger partial charge < -0.3 is 69.6 Å². The topological polar surface area (TPSA) is 222 Å². The molecule has 0 bridgehead atoms. The summed E-state index contributed by atoms with van der Waals surface area (Å²) in [5.41, 5.74) is -0.677. The zero-order valence-electron chi connectivity index (χ0n) is 35.5. The quantitative estimate of drug-likeness (QED) is 0.195. The van der Waals surface area contributed by atoms with Crippen LogP contribution in [0.4, 0.5) is 0 Å². The number of ether oxygens (including phenoxy) is 7. The van der Waals surface area contributed by atoms with E-state index in [-0.39, 0.29) is 42.7 Å². The van der Waals surface area contributed by atoms with Gasteiger partial charge in [-0.2, -0.15) is 0 Å². The number of fused-ring (bicyclic) bond motifs is 1. The Kier molecular flexibility index (Phi) is 14.1. The van der Waals surface area contributed by atoms with Gasteiger partial charge in [0.1, 0.15) is 30.0 Å². The third kappa shape index (κ3) is 9.48. The van der Waals surface area contributed by atoms with Gasteiger partial charge in [-0.15, -0.1) is 0 Å². The van der Waals surface area contributed by atoms with Crippen LogP contribution in [-0.2, 0) is 38.0 Å². The minimum atomic E-state index is -2.07. The molecule has 0 amide bonds. The van der Waals surface area contributed by atoms with Crippen molar-refractivity contribution in [2.24, 2.45) is 17.8 Å². The van der Waals surface area contributed by atoms with Crippen molar-refractivity contribution in [2.45, 2.75) is 209 Å². The molecular weight excluding hydrogens is 750 g/mol. The van der Waals surface area contributed by atoms with E-state index < -0.39 is 71.7 Å². The molecule has 6 saturated heterocycles. The molecule has 0 aliphatic carbocycles. The molecule has 3 spiro atoms. The standard InChI is InChI=1S/C44H68O13.H3N/c1-25-21-34(55-44(23-25)35(46)12-11-31(54-44)24-41(6,50)40(48)49)26(2)9-10-30-14-18-43(53-30)19-15-33-39(57-43)36(47)29(5)38(52-33)32(45)22-28(4)37-27(3)13-17-42(56-37)16-7-8-20-51-42;/h9-10,23,26-28,30-39,45-47,50H,5,7-8,11-22,24H2,1-4,6H3,(H,48,49);1H3/b10-9+;/t26-,27?,28+,30+,31+,32+,33-,34+,35-,36-,37+,38+,39-,41-,42+,43-,44-;/m1./s1.